The van der Waals surface area contributed by atoms with Gasteiger partial charge in [-0.25, -0.2) is 4.98 Å². The van der Waals surface area contributed by atoms with Crippen LogP contribution >= 0.6 is 34.9 Å². The molecule has 0 saturated carbocycles. The van der Waals surface area contributed by atoms with Crippen molar-refractivity contribution in [2.75, 3.05) is 5.32 Å². The molecule has 0 aliphatic carbocycles. The molecule has 0 spiro atoms. The van der Waals surface area contributed by atoms with Crippen molar-refractivity contribution in [3.8, 4) is 0 Å². The Bertz CT molecular complexity index is 1170. The normalized spacial score (nSPS) is 12.2. The van der Waals surface area contributed by atoms with Crippen molar-refractivity contribution >= 4 is 56.7 Å². The molecule has 160 valence electrons. The largest absolute Gasteiger partial charge is 0.325 e. The average molecular weight is 470 g/mol. The highest BCUT2D eigenvalue weighted by Crippen LogP contribution is 2.32. The van der Waals surface area contributed by atoms with Crippen molar-refractivity contribution in [1.82, 2.24) is 19.7 Å². The third-order valence-corrected chi connectivity index (χ3v) is 7.90. The van der Waals surface area contributed by atoms with Crippen LogP contribution in [0.5, 0.6) is 0 Å². The van der Waals surface area contributed by atoms with Gasteiger partial charge in [-0.1, -0.05) is 47.8 Å². The number of fused-ring (bicyclic) bond motifs is 1. The number of hydrogen-bond acceptors (Lipinski definition) is 7. The van der Waals surface area contributed by atoms with Crippen molar-refractivity contribution in [3.63, 3.8) is 0 Å². The fraction of sp³-hybridized carbons (Fsp3) is 0.273. The maximum absolute atomic E-state index is 12.6. The van der Waals surface area contributed by atoms with E-state index in [4.69, 9.17) is 0 Å². The van der Waals surface area contributed by atoms with Crippen LogP contribution in [0.4, 0.5) is 5.69 Å². The molecule has 0 bridgehead atoms. The lowest BCUT2D eigenvalue weighted by molar-refractivity contribution is -0.115. The molecule has 4 aromatic rings. The van der Waals surface area contributed by atoms with E-state index < -0.39 is 0 Å². The summed E-state index contributed by atoms with van der Waals surface area (Å²) in [6, 6.07) is 15.9. The van der Waals surface area contributed by atoms with Crippen LogP contribution in [0.15, 0.2) is 58.0 Å². The van der Waals surface area contributed by atoms with Gasteiger partial charge in [0.15, 0.2) is 9.50 Å². The summed E-state index contributed by atoms with van der Waals surface area (Å²) in [5, 5.41) is 12.2. The number of aromatic nitrogens is 4. The molecule has 0 radical (unpaired) electrons. The van der Waals surface area contributed by atoms with Gasteiger partial charge in [0.1, 0.15) is 5.82 Å². The Balaban J connectivity index is 1.40. The quantitative estimate of drug-likeness (QED) is 0.337. The van der Waals surface area contributed by atoms with Crippen LogP contribution in [-0.4, -0.2) is 30.9 Å². The first-order valence-corrected chi connectivity index (χ1v) is 12.7. The van der Waals surface area contributed by atoms with E-state index in [1.165, 1.54) is 16.5 Å². The van der Waals surface area contributed by atoms with Gasteiger partial charge >= 0.3 is 0 Å². The second kappa shape index (κ2) is 9.84. The minimum absolute atomic E-state index is 0.0494. The second-order valence-electron chi connectivity index (χ2n) is 7.00. The highest BCUT2D eigenvalue weighted by atomic mass is 32.2. The molecular weight excluding hydrogens is 446 g/mol. The summed E-state index contributed by atoms with van der Waals surface area (Å²) in [5.74, 6) is 1.53. The number of anilines is 1. The Hall–Kier alpha value is -2.36. The number of nitrogens with one attached hydrogen (secondary N) is 1. The molecule has 1 atom stereocenters. The number of hydrogen-bond donors (Lipinski definition) is 1. The van der Waals surface area contributed by atoms with Crippen LogP contribution < -0.4 is 5.32 Å². The first-order chi connectivity index (χ1) is 15.0. The van der Waals surface area contributed by atoms with E-state index in [9.17, 15) is 4.79 Å². The number of amides is 1. The number of thioether (sulfide) groups is 2. The van der Waals surface area contributed by atoms with Crippen LogP contribution in [0.3, 0.4) is 0 Å². The maximum Gasteiger partial charge on any atom is 0.237 e. The van der Waals surface area contributed by atoms with Gasteiger partial charge in [-0.15, -0.1) is 21.5 Å². The van der Waals surface area contributed by atoms with Crippen LogP contribution in [0.1, 0.15) is 25.2 Å². The third kappa shape index (κ3) is 5.28. The van der Waals surface area contributed by atoms with E-state index in [2.05, 4.69) is 38.1 Å². The predicted octanol–water partition coefficient (Wildman–Crippen LogP) is 5.63. The summed E-state index contributed by atoms with van der Waals surface area (Å²) >= 11 is 4.78. The molecule has 0 saturated heterocycles. The summed E-state index contributed by atoms with van der Waals surface area (Å²) in [7, 11) is 0. The predicted molar refractivity (Wildman–Crippen MR) is 130 cm³/mol. The number of nitrogens with zero attached hydrogens (tertiary/aromatic N) is 4. The minimum Gasteiger partial charge on any atom is -0.325 e. The molecule has 9 heteroatoms. The van der Waals surface area contributed by atoms with Crippen LogP contribution in [0, 0.1) is 6.92 Å². The zero-order valence-electron chi connectivity index (χ0n) is 17.5. The molecule has 31 heavy (non-hydrogen) atoms. The van der Waals surface area contributed by atoms with Gasteiger partial charge < -0.3 is 9.88 Å². The summed E-state index contributed by atoms with van der Waals surface area (Å²) < 4.78 is 4.28. The van der Waals surface area contributed by atoms with Gasteiger partial charge in [0.25, 0.3) is 0 Å². The van der Waals surface area contributed by atoms with Crippen molar-refractivity contribution in [1.29, 1.82) is 0 Å². The lowest BCUT2D eigenvalue weighted by Crippen LogP contribution is -2.23. The summed E-state index contributed by atoms with van der Waals surface area (Å²) in [6.07, 6.45) is 0. The Kier molecular flexibility index (Phi) is 6.94. The molecule has 6 nitrogen and oxygen atoms in total. The Labute approximate surface area is 193 Å². The molecule has 1 amide bonds. The van der Waals surface area contributed by atoms with Gasteiger partial charge in [-0.2, -0.15) is 0 Å². The van der Waals surface area contributed by atoms with E-state index in [0.717, 1.165) is 38.6 Å². The van der Waals surface area contributed by atoms with E-state index >= 15 is 0 Å². The van der Waals surface area contributed by atoms with Crippen molar-refractivity contribution < 1.29 is 4.79 Å². The van der Waals surface area contributed by atoms with Gasteiger partial charge in [-0.05, 0) is 50.6 Å². The molecule has 1 unspecified atom stereocenters. The number of para-hydroxylation sites is 1. The summed E-state index contributed by atoms with van der Waals surface area (Å²) in [4.78, 5) is 17.3. The number of carbonyl (C=O) groups is 1. The maximum atomic E-state index is 12.6. The Morgan fingerprint density at radius 1 is 1.19 bits per heavy atom. The number of carbonyl (C=O) groups excluding carboxylic acids is 1. The molecule has 0 aliphatic heterocycles. The SMILES string of the molecule is CCn1c(CSc2nc3ccccc3s2)nnc1SC(C)C(=O)Nc1cccc(C)c1. The van der Waals surface area contributed by atoms with Crippen LogP contribution in [-0.2, 0) is 17.1 Å². The summed E-state index contributed by atoms with van der Waals surface area (Å²) in [6.45, 7) is 6.71. The fourth-order valence-corrected chi connectivity index (χ4v) is 5.99. The van der Waals surface area contributed by atoms with Gasteiger partial charge in [0.05, 0.1) is 21.2 Å². The Morgan fingerprint density at radius 3 is 2.81 bits per heavy atom. The first-order valence-electron chi connectivity index (χ1n) is 9.98. The molecular formula is C22H23N5OS3. The monoisotopic (exact) mass is 469 g/mol. The molecule has 2 heterocycles. The zero-order chi connectivity index (χ0) is 21.8. The lowest BCUT2D eigenvalue weighted by Gasteiger charge is -2.13. The van der Waals surface area contributed by atoms with Crippen molar-refractivity contribution in [2.24, 2.45) is 0 Å². The number of benzene rings is 2. The van der Waals surface area contributed by atoms with Crippen LogP contribution in [0.25, 0.3) is 10.2 Å². The third-order valence-electron chi connectivity index (χ3n) is 4.65. The smallest absolute Gasteiger partial charge is 0.237 e. The number of aryl methyl sites for hydroxylation is 1. The molecule has 1 N–H and O–H groups in total. The van der Waals surface area contributed by atoms with Gasteiger partial charge in [-0.3, -0.25) is 4.79 Å². The minimum atomic E-state index is -0.292. The zero-order valence-corrected chi connectivity index (χ0v) is 20.0. The van der Waals surface area contributed by atoms with E-state index in [1.807, 2.05) is 56.3 Å². The van der Waals surface area contributed by atoms with E-state index in [1.54, 1.807) is 23.1 Å². The van der Waals surface area contributed by atoms with E-state index in [0.29, 0.717) is 5.75 Å². The fourth-order valence-electron chi connectivity index (χ4n) is 3.05. The first kappa shape index (κ1) is 21.9. The van der Waals surface area contributed by atoms with Crippen molar-refractivity contribution in [3.05, 3.63) is 59.9 Å². The Morgan fingerprint density at radius 2 is 2.03 bits per heavy atom. The topological polar surface area (TPSA) is 72.7 Å². The number of thiazole rings is 1. The molecule has 2 aromatic heterocycles. The number of rotatable bonds is 8. The molecule has 0 aliphatic rings. The molecule has 4 rings (SSSR count). The molecule has 0 fully saturated rings. The average Bonchev–Trinajstić information content (AvgIpc) is 3.35. The van der Waals surface area contributed by atoms with Crippen LogP contribution in [0.2, 0.25) is 0 Å². The highest BCUT2D eigenvalue weighted by Gasteiger charge is 2.20. The van der Waals surface area contributed by atoms with Gasteiger partial charge in [0.2, 0.25) is 5.91 Å². The highest BCUT2D eigenvalue weighted by molar-refractivity contribution is 8.00. The molecule has 2 aromatic carbocycles. The second-order valence-corrected chi connectivity index (χ2v) is 10.6. The lowest BCUT2D eigenvalue weighted by atomic mass is 10.2. The van der Waals surface area contributed by atoms with Crippen molar-refractivity contribution in [2.45, 2.75) is 47.8 Å². The van der Waals surface area contributed by atoms with E-state index in [-0.39, 0.29) is 11.2 Å². The summed E-state index contributed by atoms with van der Waals surface area (Å²) in [5.41, 5.74) is 2.94. The van der Waals surface area contributed by atoms with Gasteiger partial charge in [0, 0.05) is 12.2 Å². The standard InChI is InChI=1S/C22H23N5OS3/c1-4-27-19(13-29-22-24-17-10-5-6-11-18(17)31-22)25-26-21(27)30-15(3)20(28)23-16-9-7-8-14(2)12-16/h5-12,15H,4,13H2,1-3H3,(H,23,28).